The molecule has 1 unspecified atom stereocenters. The third-order valence-corrected chi connectivity index (χ3v) is 3.58. The number of hydrogen-bond donors (Lipinski definition) is 0. The van der Waals surface area contributed by atoms with E-state index in [1.807, 2.05) is 0 Å². The zero-order valence-corrected chi connectivity index (χ0v) is 11.1. The van der Waals surface area contributed by atoms with E-state index < -0.39 is 12.7 Å². The summed E-state index contributed by atoms with van der Waals surface area (Å²) in [6, 6.07) is 5.74. The van der Waals surface area contributed by atoms with Crippen LogP contribution >= 0.6 is 11.8 Å². The fourth-order valence-electron chi connectivity index (χ4n) is 1.51. The highest BCUT2D eigenvalue weighted by Crippen LogP contribution is 2.33. The summed E-state index contributed by atoms with van der Waals surface area (Å²) in [5, 5.41) is 10.0. The summed E-state index contributed by atoms with van der Waals surface area (Å²) in [6.45, 7) is 0.545. The molecule has 0 saturated carbocycles. The SMILES string of the molecule is CC(Sc1nnnn1CC(F)(F)F)c1ccc(F)cc1. The van der Waals surface area contributed by atoms with Crippen LogP contribution in [0.4, 0.5) is 17.6 Å². The van der Waals surface area contributed by atoms with Gasteiger partial charge in [0, 0.05) is 5.25 Å². The first kappa shape index (κ1) is 14.8. The van der Waals surface area contributed by atoms with Gasteiger partial charge in [-0.3, -0.25) is 0 Å². The molecule has 108 valence electrons. The molecular weight excluding hydrogens is 296 g/mol. The number of hydrogen-bond acceptors (Lipinski definition) is 4. The molecule has 0 aliphatic rings. The minimum Gasteiger partial charge on any atom is -0.211 e. The number of alkyl halides is 3. The van der Waals surface area contributed by atoms with E-state index in [9.17, 15) is 17.6 Å². The molecule has 9 heteroatoms. The van der Waals surface area contributed by atoms with Gasteiger partial charge in [0.1, 0.15) is 12.4 Å². The van der Waals surface area contributed by atoms with Crippen LogP contribution in [0.2, 0.25) is 0 Å². The normalized spacial score (nSPS) is 13.4. The number of benzene rings is 1. The zero-order chi connectivity index (χ0) is 14.8. The van der Waals surface area contributed by atoms with Gasteiger partial charge in [0.15, 0.2) is 0 Å². The third-order valence-electron chi connectivity index (χ3n) is 2.45. The molecule has 0 fully saturated rings. The summed E-state index contributed by atoms with van der Waals surface area (Å²) in [5.41, 5.74) is 0.776. The van der Waals surface area contributed by atoms with Gasteiger partial charge in [-0.2, -0.15) is 13.2 Å². The first-order chi connectivity index (χ1) is 9.35. The van der Waals surface area contributed by atoms with Crippen molar-refractivity contribution < 1.29 is 17.6 Å². The summed E-state index contributed by atoms with van der Waals surface area (Å²) in [7, 11) is 0. The van der Waals surface area contributed by atoms with E-state index in [1.54, 1.807) is 19.1 Å². The number of rotatable bonds is 4. The molecule has 1 atom stereocenters. The van der Waals surface area contributed by atoms with Crippen molar-refractivity contribution in [2.45, 2.75) is 30.1 Å². The lowest BCUT2D eigenvalue weighted by Crippen LogP contribution is -2.19. The van der Waals surface area contributed by atoms with E-state index in [4.69, 9.17) is 0 Å². The van der Waals surface area contributed by atoms with Gasteiger partial charge in [0.25, 0.3) is 0 Å². The van der Waals surface area contributed by atoms with Crippen LogP contribution in [0, 0.1) is 5.82 Å². The van der Waals surface area contributed by atoms with Crippen LogP contribution in [0.25, 0.3) is 0 Å². The first-order valence-electron chi connectivity index (χ1n) is 5.60. The maximum atomic E-state index is 12.8. The average Bonchev–Trinajstić information content (AvgIpc) is 2.75. The van der Waals surface area contributed by atoms with Gasteiger partial charge < -0.3 is 0 Å². The average molecular weight is 306 g/mol. The Morgan fingerprint density at radius 3 is 2.50 bits per heavy atom. The van der Waals surface area contributed by atoms with E-state index in [0.717, 1.165) is 17.3 Å². The van der Waals surface area contributed by atoms with E-state index >= 15 is 0 Å². The molecule has 1 aromatic heterocycles. The number of halogens is 4. The second kappa shape index (κ2) is 5.78. The van der Waals surface area contributed by atoms with E-state index in [2.05, 4.69) is 15.5 Å². The van der Waals surface area contributed by atoms with Crippen molar-refractivity contribution >= 4 is 11.8 Å². The van der Waals surface area contributed by atoms with Crippen molar-refractivity contribution in [1.29, 1.82) is 0 Å². The smallest absolute Gasteiger partial charge is 0.211 e. The molecule has 20 heavy (non-hydrogen) atoms. The van der Waals surface area contributed by atoms with Crippen molar-refractivity contribution in [1.82, 2.24) is 20.2 Å². The minimum absolute atomic E-state index is 0.0687. The maximum Gasteiger partial charge on any atom is 0.408 e. The Labute approximate surface area is 116 Å². The Hall–Kier alpha value is -1.64. The standard InChI is InChI=1S/C11H10F4N4S/c1-7(8-2-4-9(12)5-3-8)20-10-16-17-18-19(10)6-11(13,14)15/h2-5,7H,6H2,1H3. The summed E-state index contributed by atoms with van der Waals surface area (Å²) in [4.78, 5) is 0. The predicted octanol–water partition coefficient (Wildman–Crippen LogP) is 3.23. The molecular formula is C11H10F4N4S. The zero-order valence-electron chi connectivity index (χ0n) is 10.3. The summed E-state index contributed by atoms with van der Waals surface area (Å²) >= 11 is 1.08. The van der Waals surface area contributed by atoms with Gasteiger partial charge in [-0.1, -0.05) is 23.9 Å². The number of tetrazole rings is 1. The quantitative estimate of drug-likeness (QED) is 0.642. The van der Waals surface area contributed by atoms with Crippen molar-refractivity contribution in [2.75, 3.05) is 0 Å². The van der Waals surface area contributed by atoms with Gasteiger partial charge in [0.05, 0.1) is 0 Å². The molecule has 2 rings (SSSR count). The molecule has 0 bridgehead atoms. The molecule has 4 nitrogen and oxygen atoms in total. The molecule has 2 aromatic rings. The Morgan fingerprint density at radius 2 is 1.90 bits per heavy atom. The second-order valence-electron chi connectivity index (χ2n) is 4.05. The lowest BCUT2D eigenvalue weighted by molar-refractivity contribution is -0.144. The lowest BCUT2D eigenvalue weighted by atomic mass is 10.2. The molecule has 1 heterocycles. The first-order valence-corrected chi connectivity index (χ1v) is 6.48. The van der Waals surface area contributed by atoms with Crippen LogP contribution in [0.1, 0.15) is 17.7 Å². The van der Waals surface area contributed by atoms with Gasteiger partial charge in [-0.05, 0) is 35.0 Å². The molecule has 0 saturated heterocycles. The number of aromatic nitrogens is 4. The van der Waals surface area contributed by atoms with E-state index in [0.29, 0.717) is 4.68 Å². The van der Waals surface area contributed by atoms with Crippen molar-refractivity contribution in [2.24, 2.45) is 0 Å². The highest BCUT2D eigenvalue weighted by Gasteiger charge is 2.30. The van der Waals surface area contributed by atoms with Crippen LogP contribution < -0.4 is 0 Å². The van der Waals surface area contributed by atoms with Crippen LogP contribution in [-0.4, -0.2) is 26.4 Å². The van der Waals surface area contributed by atoms with E-state index in [-0.39, 0.29) is 16.2 Å². The highest BCUT2D eigenvalue weighted by atomic mass is 32.2. The Kier molecular flexibility index (Phi) is 4.26. The number of thioether (sulfide) groups is 1. The molecule has 0 spiro atoms. The van der Waals surface area contributed by atoms with Crippen molar-refractivity contribution in [3.05, 3.63) is 35.6 Å². The van der Waals surface area contributed by atoms with Gasteiger partial charge in [0.2, 0.25) is 5.16 Å². The third kappa shape index (κ3) is 3.92. The lowest BCUT2D eigenvalue weighted by Gasteiger charge is -2.12. The Balaban J connectivity index is 2.10. The molecule has 1 aromatic carbocycles. The number of nitrogens with zero attached hydrogens (tertiary/aromatic N) is 4. The van der Waals surface area contributed by atoms with Crippen LogP contribution in [0.15, 0.2) is 29.4 Å². The molecule has 0 aliphatic heterocycles. The minimum atomic E-state index is -4.39. The fraction of sp³-hybridized carbons (Fsp3) is 0.364. The predicted molar refractivity (Wildman–Crippen MR) is 64.5 cm³/mol. The summed E-state index contributed by atoms with van der Waals surface area (Å²) in [5.74, 6) is -0.368. The van der Waals surface area contributed by atoms with Crippen LogP contribution in [0.3, 0.4) is 0 Å². The molecule has 0 amide bonds. The van der Waals surface area contributed by atoms with Crippen LogP contribution in [0.5, 0.6) is 0 Å². The highest BCUT2D eigenvalue weighted by molar-refractivity contribution is 7.99. The summed E-state index contributed by atoms with van der Waals surface area (Å²) < 4.78 is 50.5. The summed E-state index contributed by atoms with van der Waals surface area (Å²) in [6.07, 6.45) is -4.39. The van der Waals surface area contributed by atoms with Crippen molar-refractivity contribution in [3.63, 3.8) is 0 Å². The van der Waals surface area contributed by atoms with Crippen molar-refractivity contribution in [3.8, 4) is 0 Å². The van der Waals surface area contributed by atoms with Crippen LogP contribution in [-0.2, 0) is 6.54 Å². The molecule has 0 N–H and O–H groups in total. The Morgan fingerprint density at radius 1 is 1.25 bits per heavy atom. The van der Waals surface area contributed by atoms with Gasteiger partial charge in [-0.15, -0.1) is 5.10 Å². The monoisotopic (exact) mass is 306 g/mol. The van der Waals surface area contributed by atoms with Gasteiger partial charge >= 0.3 is 6.18 Å². The fourth-order valence-corrected chi connectivity index (χ4v) is 2.43. The maximum absolute atomic E-state index is 12.8. The molecule has 0 aliphatic carbocycles. The topological polar surface area (TPSA) is 43.6 Å². The molecule has 0 radical (unpaired) electrons. The largest absolute Gasteiger partial charge is 0.408 e. The van der Waals surface area contributed by atoms with E-state index in [1.165, 1.54) is 12.1 Å². The van der Waals surface area contributed by atoms with Gasteiger partial charge in [-0.25, -0.2) is 9.07 Å². The second-order valence-corrected chi connectivity index (χ2v) is 5.35. The Bertz CT molecular complexity index is 567.